The Labute approximate surface area is 146 Å². The van der Waals surface area contributed by atoms with Crippen LogP contribution in [0.2, 0.25) is 0 Å². The first kappa shape index (κ1) is 16.2. The Morgan fingerprint density at radius 2 is 1.90 bits per heavy atom. The minimum Gasteiger partial charge on any atom is -0.506 e. The molecular weight excluding hydrogens is 468 g/mol. The van der Waals surface area contributed by atoms with Crippen LogP contribution in [0.25, 0.3) is 0 Å². The number of nitrogens with zero attached hydrogens (tertiary/aromatic N) is 1. The highest BCUT2D eigenvalue weighted by molar-refractivity contribution is 9.11. The number of carbonyl (C=O) groups excluding carboxylic acids is 1. The van der Waals surface area contributed by atoms with Crippen molar-refractivity contribution >= 4 is 59.9 Å². The van der Waals surface area contributed by atoms with Crippen LogP contribution in [0.15, 0.2) is 54.9 Å². The number of phenolic OH excluding ortho intramolecular Hbond substituents is 1. The molecule has 0 atom stereocenters. The summed E-state index contributed by atoms with van der Waals surface area (Å²) in [7, 11) is 0. The highest BCUT2D eigenvalue weighted by Gasteiger charge is 2.06. The zero-order chi connectivity index (χ0) is 15.4. The van der Waals surface area contributed by atoms with Crippen LogP contribution in [-0.4, -0.2) is 17.2 Å². The largest absolute Gasteiger partial charge is 0.506 e. The molecule has 21 heavy (non-hydrogen) atoms. The molecule has 0 aromatic heterocycles. The van der Waals surface area contributed by atoms with Crippen molar-refractivity contribution in [3.8, 4) is 5.75 Å². The van der Waals surface area contributed by atoms with Gasteiger partial charge in [-0.25, -0.2) is 5.43 Å². The number of carbonyl (C=O) groups is 1. The van der Waals surface area contributed by atoms with E-state index in [4.69, 9.17) is 0 Å². The van der Waals surface area contributed by atoms with Gasteiger partial charge in [0.15, 0.2) is 0 Å². The lowest BCUT2D eigenvalue weighted by Gasteiger charge is -2.03. The summed E-state index contributed by atoms with van der Waals surface area (Å²) in [5.74, 6) is -0.278. The molecule has 0 saturated carbocycles. The van der Waals surface area contributed by atoms with Crippen molar-refractivity contribution in [3.05, 3.63) is 60.9 Å². The van der Waals surface area contributed by atoms with Gasteiger partial charge in [-0.05, 0) is 46.3 Å². The zero-order valence-electron chi connectivity index (χ0n) is 10.5. The Kier molecular flexibility index (Phi) is 5.55. The maximum absolute atomic E-state index is 11.9. The normalized spacial score (nSPS) is 10.8. The Hall–Kier alpha value is -1.18. The van der Waals surface area contributed by atoms with Gasteiger partial charge in [0.2, 0.25) is 0 Å². The third kappa shape index (κ3) is 4.39. The fourth-order valence-electron chi connectivity index (χ4n) is 1.54. The summed E-state index contributed by atoms with van der Waals surface area (Å²) in [6.45, 7) is 0. The van der Waals surface area contributed by atoms with Crippen molar-refractivity contribution in [1.29, 1.82) is 0 Å². The molecule has 2 aromatic carbocycles. The van der Waals surface area contributed by atoms with Crippen molar-refractivity contribution in [3.63, 3.8) is 0 Å². The summed E-state index contributed by atoms with van der Waals surface area (Å²) < 4.78 is 2.14. The van der Waals surface area contributed by atoms with E-state index in [-0.39, 0.29) is 11.7 Å². The van der Waals surface area contributed by atoms with Crippen LogP contribution in [0.1, 0.15) is 15.9 Å². The van der Waals surface area contributed by atoms with Crippen molar-refractivity contribution in [2.75, 3.05) is 0 Å². The van der Waals surface area contributed by atoms with Gasteiger partial charge in [-0.2, -0.15) is 5.10 Å². The van der Waals surface area contributed by atoms with Crippen LogP contribution in [0, 0.1) is 0 Å². The third-order valence-corrected chi connectivity index (χ3v) is 4.07. The number of hydrogen-bond donors (Lipinski definition) is 2. The SMILES string of the molecule is O=C(N/N=C\c1cc(Br)cc(Br)c1O)c1cccc(Br)c1. The van der Waals surface area contributed by atoms with Gasteiger partial charge in [0, 0.05) is 20.1 Å². The number of rotatable bonds is 3. The van der Waals surface area contributed by atoms with Gasteiger partial charge in [0.05, 0.1) is 10.7 Å². The standard InChI is InChI=1S/C14H9Br3N2O2/c15-10-3-1-2-8(4-10)14(21)19-18-7-9-5-11(16)6-12(17)13(9)20/h1-7,20H,(H,19,21)/b18-7-. The summed E-state index contributed by atoms with van der Waals surface area (Å²) in [6, 6.07) is 10.4. The Morgan fingerprint density at radius 3 is 2.62 bits per heavy atom. The molecule has 0 fully saturated rings. The first-order valence-electron chi connectivity index (χ1n) is 5.74. The molecule has 7 heteroatoms. The van der Waals surface area contributed by atoms with E-state index in [1.807, 2.05) is 6.07 Å². The summed E-state index contributed by atoms with van der Waals surface area (Å²) in [6.07, 6.45) is 1.38. The molecule has 1 amide bonds. The predicted octanol–water partition coefficient (Wildman–Crippen LogP) is 4.44. The zero-order valence-corrected chi connectivity index (χ0v) is 15.2. The molecule has 2 N–H and O–H groups in total. The maximum atomic E-state index is 11.9. The monoisotopic (exact) mass is 474 g/mol. The second kappa shape index (κ2) is 7.20. The highest BCUT2D eigenvalue weighted by Crippen LogP contribution is 2.30. The summed E-state index contributed by atoms with van der Waals surface area (Å²) in [5.41, 5.74) is 3.37. The van der Waals surface area contributed by atoms with E-state index in [1.165, 1.54) is 6.21 Å². The average molecular weight is 477 g/mol. The first-order valence-corrected chi connectivity index (χ1v) is 8.12. The predicted molar refractivity (Wildman–Crippen MR) is 92.7 cm³/mol. The molecule has 4 nitrogen and oxygen atoms in total. The number of benzene rings is 2. The molecular formula is C14H9Br3N2O2. The quantitative estimate of drug-likeness (QED) is 0.508. The minimum absolute atomic E-state index is 0.0543. The molecule has 0 aliphatic rings. The third-order valence-electron chi connectivity index (χ3n) is 2.51. The Bertz CT molecular complexity index is 717. The number of hydrazone groups is 1. The van der Waals surface area contributed by atoms with Gasteiger partial charge < -0.3 is 5.11 Å². The number of amides is 1. The molecule has 0 bridgehead atoms. The molecule has 2 rings (SSSR count). The highest BCUT2D eigenvalue weighted by atomic mass is 79.9. The maximum Gasteiger partial charge on any atom is 0.271 e. The molecule has 0 saturated heterocycles. The summed E-state index contributed by atoms with van der Waals surface area (Å²) >= 11 is 9.84. The minimum atomic E-state index is -0.332. The van der Waals surface area contributed by atoms with Crippen LogP contribution < -0.4 is 5.43 Å². The molecule has 0 radical (unpaired) electrons. The lowest BCUT2D eigenvalue weighted by molar-refractivity contribution is 0.0955. The molecule has 0 heterocycles. The van der Waals surface area contributed by atoms with Crippen LogP contribution in [0.4, 0.5) is 0 Å². The Morgan fingerprint density at radius 1 is 1.14 bits per heavy atom. The van der Waals surface area contributed by atoms with Crippen LogP contribution in [-0.2, 0) is 0 Å². The van der Waals surface area contributed by atoms with E-state index >= 15 is 0 Å². The van der Waals surface area contributed by atoms with Crippen molar-refractivity contribution in [2.24, 2.45) is 5.10 Å². The number of halogens is 3. The van der Waals surface area contributed by atoms with E-state index in [9.17, 15) is 9.90 Å². The summed E-state index contributed by atoms with van der Waals surface area (Å²) in [5, 5.41) is 13.7. The molecule has 0 aliphatic carbocycles. The van der Waals surface area contributed by atoms with Gasteiger partial charge in [-0.3, -0.25) is 4.79 Å². The number of aromatic hydroxyl groups is 1. The lowest BCUT2D eigenvalue weighted by atomic mass is 10.2. The Balaban J connectivity index is 2.11. The van der Waals surface area contributed by atoms with E-state index in [2.05, 4.69) is 58.3 Å². The topological polar surface area (TPSA) is 61.7 Å². The van der Waals surface area contributed by atoms with E-state index in [0.717, 1.165) is 8.95 Å². The molecule has 108 valence electrons. The fraction of sp³-hybridized carbons (Fsp3) is 0. The van der Waals surface area contributed by atoms with Gasteiger partial charge >= 0.3 is 0 Å². The van der Waals surface area contributed by atoms with Crippen LogP contribution >= 0.6 is 47.8 Å². The molecule has 0 unspecified atom stereocenters. The van der Waals surface area contributed by atoms with E-state index in [1.54, 1.807) is 30.3 Å². The van der Waals surface area contributed by atoms with Gasteiger partial charge in [0.1, 0.15) is 5.75 Å². The lowest BCUT2D eigenvalue weighted by Crippen LogP contribution is -2.17. The van der Waals surface area contributed by atoms with Crippen LogP contribution in [0.5, 0.6) is 5.75 Å². The molecule has 2 aromatic rings. The number of nitrogens with one attached hydrogen (secondary N) is 1. The molecule has 0 aliphatic heterocycles. The van der Waals surface area contributed by atoms with Crippen LogP contribution in [0.3, 0.4) is 0 Å². The second-order valence-electron chi connectivity index (χ2n) is 4.03. The first-order chi connectivity index (χ1) is 9.97. The van der Waals surface area contributed by atoms with E-state index < -0.39 is 0 Å². The summed E-state index contributed by atoms with van der Waals surface area (Å²) in [4.78, 5) is 11.9. The van der Waals surface area contributed by atoms with Crippen molar-refractivity contribution in [2.45, 2.75) is 0 Å². The van der Waals surface area contributed by atoms with Gasteiger partial charge in [-0.1, -0.05) is 37.9 Å². The molecule has 0 spiro atoms. The fourth-order valence-corrected chi connectivity index (χ4v) is 3.20. The van der Waals surface area contributed by atoms with Gasteiger partial charge in [-0.15, -0.1) is 0 Å². The van der Waals surface area contributed by atoms with Gasteiger partial charge in [0.25, 0.3) is 5.91 Å². The average Bonchev–Trinajstić information content (AvgIpc) is 2.43. The number of hydrogen-bond acceptors (Lipinski definition) is 3. The van der Waals surface area contributed by atoms with E-state index in [0.29, 0.717) is 15.6 Å². The smallest absolute Gasteiger partial charge is 0.271 e. The van der Waals surface area contributed by atoms with Crippen molar-refractivity contribution < 1.29 is 9.90 Å². The number of phenols is 1. The second-order valence-corrected chi connectivity index (χ2v) is 6.72. The van der Waals surface area contributed by atoms with Crippen molar-refractivity contribution in [1.82, 2.24) is 5.43 Å².